The van der Waals surface area contributed by atoms with Crippen LogP contribution in [0.1, 0.15) is 23.3 Å². The SMILES string of the molecule is CC(=O)NCC(c1cccnc1)S(=O)(=O)c1ccc(C)cc1. The van der Waals surface area contributed by atoms with Gasteiger partial charge in [0.2, 0.25) is 5.91 Å². The first-order valence-electron chi connectivity index (χ1n) is 6.86. The van der Waals surface area contributed by atoms with Crippen molar-refractivity contribution in [2.24, 2.45) is 0 Å². The molecule has 1 aromatic heterocycles. The van der Waals surface area contributed by atoms with Gasteiger partial charge in [-0.1, -0.05) is 23.8 Å². The van der Waals surface area contributed by atoms with E-state index >= 15 is 0 Å². The summed E-state index contributed by atoms with van der Waals surface area (Å²) in [5, 5.41) is 1.72. The minimum atomic E-state index is -3.62. The summed E-state index contributed by atoms with van der Waals surface area (Å²) in [6, 6.07) is 10.1. The normalized spacial score (nSPS) is 12.6. The van der Waals surface area contributed by atoms with E-state index in [1.54, 1.807) is 42.6 Å². The number of benzene rings is 1. The van der Waals surface area contributed by atoms with E-state index in [0.29, 0.717) is 5.56 Å². The van der Waals surface area contributed by atoms with Crippen LogP contribution in [0.2, 0.25) is 0 Å². The number of aryl methyl sites for hydroxylation is 1. The van der Waals surface area contributed by atoms with Crippen LogP contribution in [0.5, 0.6) is 0 Å². The minimum Gasteiger partial charge on any atom is -0.355 e. The van der Waals surface area contributed by atoms with Gasteiger partial charge in [-0.2, -0.15) is 0 Å². The summed E-state index contributed by atoms with van der Waals surface area (Å²) in [5.41, 5.74) is 1.54. The molecule has 0 aliphatic carbocycles. The van der Waals surface area contributed by atoms with Gasteiger partial charge in [0.25, 0.3) is 0 Å². The van der Waals surface area contributed by atoms with Gasteiger partial charge >= 0.3 is 0 Å². The Labute approximate surface area is 130 Å². The van der Waals surface area contributed by atoms with E-state index in [1.807, 2.05) is 6.92 Å². The fraction of sp³-hybridized carbons (Fsp3) is 0.250. The van der Waals surface area contributed by atoms with E-state index in [1.165, 1.54) is 13.1 Å². The van der Waals surface area contributed by atoms with Crippen molar-refractivity contribution in [2.45, 2.75) is 24.0 Å². The van der Waals surface area contributed by atoms with Gasteiger partial charge in [-0.05, 0) is 30.7 Å². The standard InChI is InChI=1S/C16H18N2O3S/c1-12-5-7-15(8-6-12)22(20,21)16(11-18-13(2)19)14-4-3-9-17-10-14/h3-10,16H,11H2,1-2H3,(H,18,19). The number of sulfone groups is 1. The van der Waals surface area contributed by atoms with E-state index < -0.39 is 15.1 Å². The number of aromatic nitrogens is 1. The Kier molecular flexibility index (Phi) is 4.92. The lowest BCUT2D eigenvalue weighted by Gasteiger charge is -2.18. The molecule has 1 atom stereocenters. The molecule has 5 nitrogen and oxygen atoms in total. The highest BCUT2D eigenvalue weighted by Crippen LogP contribution is 2.28. The number of hydrogen-bond acceptors (Lipinski definition) is 4. The van der Waals surface area contributed by atoms with Gasteiger partial charge in [-0.3, -0.25) is 9.78 Å². The molecular weight excluding hydrogens is 300 g/mol. The first-order chi connectivity index (χ1) is 10.4. The Morgan fingerprint density at radius 2 is 1.91 bits per heavy atom. The number of hydrogen-bond donors (Lipinski definition) is 1. The van der Waals surface area contributed by atoms with Crippen molar-refractivity contribution in [3.63, 3.8) is 0 Å². The lowest BCUT2D eigenvalue weighted by molar-refractivity contribution is -0.118. The molecule has 22 heavy (non-hydrogen) atoms. The Bertz CT molecular complexity index is 741. The molecule has 0 bridgehead atoms. The summed E-state index contributed by atoms with van der Waals surface area (Å²) in [4.78, 5) is 15.4. The number of carbonyl (C=O) groups excluding carboxylic acids is 1. The Morgan fingerprint density at radius 3 is 2.45 bits per heavy atom. The van der Waals surface area contributed by atoms with Crippen LogP contribution in [0.15, 0.2) is 53.7 Å². The molecule has 1 unspecified atom stereocenters. The van der Waals surface area contributed by atoms with E-state index in [2.05, 4.69) is 10.3 Å². The van der Waals surface area contributed by atoms with Gasteiger partial charge in [-0.25, -0.2) is 8.42 Å². The second-order valence-corrected chi connectivity index (χ2v) is 7.20. The first-order valence-corrected chi connectivity index (χ1v) is 8.41. The fourth-order valence-corrected chi connectivity index (χ4v) is 3.75. The van der Waals surface area contributed by atoms with Crippen molar-refractivity contribution in [1.82, 2.24) is 10.3 Å². The van der Waals surface area contributed by atoms with Gasteiger partial charge in [0.1, 0.15) is 5.25 Å². The molecule has 0 fully saturated rings. The van der Waals surface area contributed by atoms with Gasteiger partial charge in [0.15, 0.2) is 9.84 Å². The zero-order chi connectivity index (χ0) is 16.2. The maximum atomic E-state index is 12.9. The van der Waals surface area contributed by atoms with Crippen molar-refractivity contribution in [3.05, 3.63) is 59.9 Å². The van der Waals surface area contributed by atoms with Crippen molar-refractivity contribution in [1.29, 1.82) is 0 Å². The minimum absolute atomic E-state index is 0.0111. The molecule has 0 saturated carbocycles. The van der Waals surface area contributed by atoms with Crippen molar-refractivity contribution in [2.75, 3.05) is 6.54 Å². The predicted molar refractivity (Wildman–Crippen MR) is 84.0 cm³/mol. The molecule has 116 valence electrons. The van der Waals surface area contributed by atoms with Crippen LogP contribution in [-0.2, 0) is 14.6 Å². The molecule has 6 heteroatoms. The van der Waals surface area contributed by atoms with Crippen LogP contribution < -0.4 is 5.32 Å². The highest BCUT2D eigenvalue weighted by Gasteiger charge is 2.29. The monoisotopic (exact) mass is 318 g/mol. The molecule has 1 aromatic carbocycles. The summed E-state index contributed by atoms with van der Waals surface area (Å²) in [6.07, 6.45) is 3.09. The van der Waals surface area contributed by atoms with Crippen molar-refractivity contribution >= 4 is 15.7 Å². The molecule has 2 rings (SSSR count). The van der Waals surface area contributed by atoms with Crippen LogP contribution in [0.25, 0.3) is 0 Å². The van der Waals surface area contributed by atoms with E-state index in [0.717, 1.165) is 5.56 Å². The van der Waals surface area contributed by atoms with Crippen molar-refractivity contribution < 1.29 is 13.2 Å². The van der Waals surface area contributed by atoms with Gasteiger partial charge in [-0.15, -0.1) is 0 Å². The number of rotatable bonds is 5. The largest absolute Gasteiger partial charge is 0.355 e. The highest BCUT2D eigenvalue weighted by molar-refractivity contribution is 7.91. The van der Waals surface area contributed by atoms with Crippen LogP contribution in [0, 0.1) is 6.92 Å². The van der Waals surface area contributed by atoms with Crippen LogP contribution in [0.4, 0.5) is 0 Å². The molecule has 0 aliphatic rings. The predicted octanol–water partition coefficient (Wildman–Crippen LogP) is 2.04. The van der Waals surface area contributed by atoms with Gasteiger partial charge in [0, 0.05) is 25.9 Å². The highest BCUT2D eigenvalue weighted by atomic mass is 32.2. The second kappa shape index (κ2) is 6.70. The van der Waals surface area contributed by atoms with E-state index in [-0.39, 0.29) is 17.3 Å². The van der Waals surface area contributed by atoms with E-state index in [4.69, 9.17) is 0 Å². The Balaban J connectivity index is 2.43. The lowest BCUT2D eigenvalue weighted by atomic mass is 10.2. The van der Waals surface area contributed by atoms with Crippen LogP contribution in [-0.4, -0.2) is 25.9 Å². The number of amides is 1. The number of carbonyl (C=O) groups is 1. The third-order valence-corrected chi connectivity index (χ3v) is 5.43. The van der Waals surface area contributed by atoms with Gasteiger partial charge in [0.05, 0.1) is 4.90 Å². The molecule has 1 heterocycles. The van der Waals surface area contributed by atoms with E-state index in [9.17, 15) is 13.2 Å². The number of nitrogens with zero attached hydrogens (tertiary/aromatic N) is 1. The van der Waals surface area contributed by atoms with Crippen molar-refractivity contribution in [3.8, 4) is 0 Å². The molecule has 0 spiro atoms. The van der Waals surface area contributed by atoms with Crippen LogP contribution >= 0.6 is 0 Å². The summed E-state index contributed by atoms with van der Waals surface area (Å²) in [6.45, 7) is 3.27. The second-order valence-electron chi connectivity index (χ2n) is 5.07. The molecule has 0 aliphatic heterocycles. The maximum absolute atomic E-state index is 12.9. The first kappa shape index (κ1) is 16.2. The molecule has 2 aromatic rings. The maximum Gasteiger partial charge on any atom is 0.216 e. The smallest absolute Gasteiger partial charge is 0.216 e. The topological polar surface area (TPSA) is 76.1 Å². The zero-order valence-electron chi connectivity index (χ0n) is 12.5. The molecule has 0 radical (unpaired) electrons. The molecular formula is C16H18N2O3S. The summed E-state index contributed by atoms with van der Waals surface area (Å²) in [7, 11) is -3.62. The lowest BCUT2D eigenvalue weighted by Crippen LogP contribution is -2.30. The van der Waals surface area contributed by atoms with Crippen LogP contribution in [0.3, 0.4) is 0 Å². The summed E-state index contributed by atoms with van der Waals surface area (Å²) < 4.78 is 25.8. The molecule has 1 N–H and O–H groups in total. The zero-order valence-corrected chi connectivity index (χ0v) is 13.3. The molecule has 0 saturated heterocycles. The Hall–Kier alpha value is -2.21. The third kappa shape index (κ3) is 3.71. The average molecular weight is 318 g/mol. The Morgan fingerprint density at radius 1 is 1.23 bits per heavy atom. The quantitative estimate of drug-likeness (QED) is 0.915. The summed E-state index contributed by atoms with van der Waals surface area (Å²) >= 11 is 0. The molecule has 1 amide bonds. The van der Waals surface area contributed by atoms with Gasteiger partial charge < -0.3 is 5.32 Å². The average Bonchev–Trinajstić information content (AvgIpc) is 2.48. The fourth-order valence-electron chi connectivity index (χ4n) is 2.10. The number of nitrogens with one attached hydrogen (secondary N) is 1. The third-order valence-electron chi connectivity index (χ3n) is 3.32. The number of pyridine rings is 1. The summed E-state index contributed by atoms with van der Waals surface area (Å²) in [5.74, 6) is -0.270.